The maximum Gasteiger partial charge on any atom is 0.265 e. The van der Waals surface area contributed by atoms with E-state index >= 15 is 0 Å². The minimum Gasteiger partial charge on any atom is -0.303 e. The molecule has 0 unspecified atom stereocenters. The van der Waals surface area contributed by atoms with Gasteiger partial charge in [0.25, 0.3) is 5.91 Å². The number of rotatable bonds is 2. The molecule has 0 radical (unpaired) electrons. The maximum atomic E-state index is 12.9. The van der Waals surface area contributed by atoms with Gasteiger partial charge in [-0.3, -0.25) is 15.3 Å². The van der Waals surface area contributed by atoms with Gasteiger partial charge < -0.3 is 4.57 Å². The lowest BCUT2D eigenvalue weighted by molar-refractivity contribution is 0.0952. The summed E-state index contributed by atoms with van der Waals surface area (Å²) >= 11 is 4.90. The van der Waals surface area contributed by atoms with Gasteiger partial charge in [-0.05, 0) is 36.5 Å². The van der Waals surface area contributed by atoms with Gasteiger partial charge in [0.2, 0.25) is 0 Å². The van der Waals surface area contributed by atoms with E-state index in [-0.39, 0.29) is 5.56 Å². The van der Waals surface area contributed by atoms with Gasteiger partial charge in [0, 0.05) is 30.3 Å². The Labute approximate surface area is 155 Å². The lowest BCUT2D eigenvalue weighted by Gasteiger charge is -2.00. The summed E-state index contributed by atoms with van der Waals surface area (Å²) in [5.74, 6) is 1.53. The van der Waals surface area contributed by atoms with Crippen LogP contribution in [0.1, 0.15) is 10.4 Å². The van der Waals surface area contributed by atoms with Crippen LogP contribution in [0.5, 0.6) is 0 Å². The number of nitrogen functional groups attached to an aromatic ring is 1. The normalized spacial score (nSPS) is 10.1. The number of nitrogens with one attached hydrogen (secondary N) is 2. The molecule has 0 fully saturated rings. The van der Waals surface area contributed by atoms with E-state index in [0.717, 1.165) is 18.2 Å². The maximum absolute atomic E-state index is 12.9. The van der Waals surface area contributed by atoms with Crippen molar-refractivity contribution in [3.05, 3.63) is 70.0 Å². The Morgan fingerprint density at radius 3 is 1.93 bits per heavy atom. The van der Waals surface area contributed by atoms with Crippen molar-refractivity contribution in [1.29, 1.82) is 0 Å². The minimum atomic E-state index is -0.811. The Morgan fingerprint density at radius 1 is 1.04 bits per heavy atom. The third kappa shape index (κ3) is 5.21. The molecule has 1 amide bonds. The van der Waals surface area contributed by atoms with Gasteiger partial charge in [-0.25, -0.2) is 23.4 Å². The molecule has 3 aromatic rings. The smallest absolute Gasteiger partial charge is 0.265 e. The third-order valence-corrected chi connectivity index (χ3v) is 3.62. The van der Waals surface area contributed by atoms with E-state index in [9.17, 15) is 22.4 Å². The molecule has 6 nitrogen and oxygen atoms in total. The van der Waals surface area contributed by atoms with Crippen molar-refractivity contribution in [1.82, 2.24) is 20.2 Å². The van der Waals surface area contributed by atoms with E-state index in [2.05, 4.69) is 10.2 Å². The number of halogens is 4. The Hall–Kier alpha value is -3.05. The van der Waals surface area contributed by atoms with Crippen LogP contribution in [0.25, 0.3) is 11.4 Å². The number of H-pyrrole nitrogens is 1. The summed E-state index contributed by atoms with van der Waals surface area (Å²) in [7, 11) is 1.67. The number of nitrogens with two attached hydrogens (primary N) is 1. The molecule has 0 saturated heterocycles. The Balaban J connectivity index is 0.000000199. The number of hydrogen-bond acceptors (Lipinski definition) is 4. The SMILES string of the molecule is Cn1c(-c2cc(F)cc(F)c2)n[nH]c1=S.NNC(=O)c1cc(F)cc(F)c1. The Kier molecular flexibility index (Phi) is 6.42. The topological polar surface area (TPSA) is 88.7 Å². The number of carbonyl (C=O) groups is 1. The quantitative estimate of drug-likeness (QED) is 0.203. The lowest BCUT2D eigenvalue weighted by Crippen LogP contribution is -2.30. The van der Waals surface area contributed by atoms with E-state index < -0.39 is 29.2 Å². The van der Waals surface area contributed by atoms with Crippen LogP contribution in [0.2, 0.25) is 0 Å². The number of aromatic amines is 1. The van der Waals surface area contributed by atoms with Gasteiger partial charge in [-0.1, -0.05) is 0 Å². The van der Waals surface area contributed by atoms with Gasteiger partial charge in [0.05, 0.1) is 0 Å². The molecule has 27 heavy (non-hydrogen) atoms. The highest BCUT2D eigenvalue weighted by molar-refractivity contribution is 7.71. The van der Waals surface area contributed by atoms with Gasteiger partial charge in [0.15, 0.2) is 10.6 Å². The second kappa shape index (κ2) is 8.56. The Morgan fingerprint density at radius 2 is 1.52 bits per heavy atom. The first-order valence-electron chi connectivity index (χ1n) is 7.26. The van der Waals surface area contributed by atoms with Gasteiger partial charge in [-0.15, -0.1) is 0 Å². The molecule has 3 rings (SSSR count). The fourth-order valence-corrected chi connectivity index (χ4v) is 2.19. The fourth-order valence-electron chi connectivity index (χ4n) is 2.06. The minimum absolute atomic E-state index is 0.144. The molecule has 0 saturated carbocycles. The van der Waals surface area contributed by atoms with Gasteiger partial charge >= 0.3 is 0 Å². The fraction of sp³-hybridized carbons (Fsp3) is 0.0625. The van der Waals surface area contributed by atoms with Crippen molar-refractivity contribution < 1.29 is 22.4 Å². The predicted molar refractivity (Wildman–Crippen MR) is 91.8 cm³/mol. The predicted octanol–water partition coefficient (Wildman–Crippen LogP) is 2.99. The number of benzene rings is 2. The monoisotopic (exact) mass is 399 g/mol. The van der Waals surface area contributed by atoms with E-state index in [4.69, 9.17) is 18.1 Å². The third-order valence-electron chi connectivity index (χ3n) is 3.26. The van der Waals surface area contributed by atoms with Crippen LogP contribution >= 0.6 is 12.2 Å². The van der Waals surface area contributed by atoms with Crippen molar-refractivity contribution in [2.75, 3.05) is 0 Å². The van der Waals surface area contributed by atoms with E-state index in [1.54, 1.807) is 17.0 Å². The summed E-state index contributed by atoms with van der Waals surface area (Å²) in [6.07, 6.45) is 0. The number of hydrazine groups is 1. The molecule has 0 aliphatic heterocycles. The molecule has 0 aliphatic carbocycles. The zero-order valence-corrected chi connectivity index (χ0v) is 14.6. The van der Waals surface area contributed by atoms with E-state index in [1.807, 2.05) is 0 Å². The highest BCUT2D eigenvalue weighted by atomic mass is 32.1. The molecular formula is C16H13F4N5OS. The van der Waals surface area contributed by atoms with Crippen molar-refractivity contribution >= 4 is 18.1 Å². The van der Waals surface area contributed by atoms with Crippen molar-refractivity contribution in [3.8, 4) is 11.4 Å². The first kappa shape index (κ1) is 20.3. The highest BCUT2D eigenvalue weighted by Gasteiger charge is 2.08. The summed E-state index contributed by atoms with van der Waals surface area (Å²) in [4.78, 5) is 10.7. The summed E-state index contributed by atoms with van der Waals surface area (Å²) in [5, 5.41) is 6.43. The molecule has 11 heteroatoms. The van der Waals surface area contributed by atoms with Crippen molar-refractivity contribution in [2.24, 2.45) is 12.9 Å². The molecule has 0 spiro atoms. The number of nitrogens with zero attached hydrogens (tertiary/aromatic N) is 2. The van der Waals surface area contributed by atoms with Gasteiger partial charge in [0.1, 0.15) is 23.3 Å². The number of amides is 1. The molecule has 0 aliphatic rings. The zero-order chi connectivity index (χ0) is 20.1. The summed E-state index contributed by atoms with van der Waals surface area (Å²) in [6, 6.07) is 5.68. The van der Waals surface area contributed by atoms with Crippen LogP contribution in [-0.2, 0) is 7.05 Å². The molecule has 2 aromatic carbocycles. The van der Waals surface area contributed by atoms with Crippen molar-refractivity contribution in [2.45, 2.75) is 0 Å². The molecule has 1 aromatic heterocycles. The zero-order valence-electron chi connectivity index (χ0n) is 13.8. The standard InChI is InChI=1S/C9H7F2N3S.C7H6F2N2O/c1-14-8(12-13-9(14)15)5-2-6(10)4-7(11)3-5;8-5-1-4(7(12)11-10)2-6(9)3-5/h2-4H,1H3,(H,13,15);1-3H,10H2,(H,11,12). The van der Waals surface area contributed by atoms with Crippen LogP contribution < -0.4 is 11.3 Å². The summed E-state index contributed by atoms with van der Waals surface area (Å²) < 4.78 is 52.7. The van der Waals surface area contributed by atoms with E-state index in [1.165, 1.54) is 12.1 Å². The van der Waals surface area contributed by atoms with Crippen LogP contribution in [-0.4, -0.2) is 20.7 Å². The molecule has 0 atom stereocenters. The highest BCUT2D eigenvalue weighted by Crippen LogP contribution is 2.18. The number of carbonyl (C=O) groups excluding carboxylic acids is 1. The Bertz CT molecular complexity index is 993. The lowest BCUT2D eigenvalue weighted by atomic mass is 10.2. The van der Waals surface area contributed by atoms with Crippen LogP contribution in [0.4, 0.5) is 17.6 Å². The van der Waals surface area contributed by atoms with Gasteiger partial charge in [-0.2, -0.15) is 5.10 Å². The number of aromatic nitrogens is 3. The molecule has 142 valence electrons. The summed E-state index contributed by atoms with van der Waals surface area (Å²) in [5.41, 5.74) is 1.97. The molecule has 1 heterocycles. The second-order valence-electron chi connectivity index (χ2n) is 5.20. The van der Waals surface area contributed by atoms with E-state index in [0.29, 0.717) is 22.2 Å². The molecule has 4 N–H and O–H groups in total. The van der Waals surface area contributed by atoms with Crippen LogP contribution in [0, 0.1) is 28.0 Å². The molecular weight excluding hydrogens is 386 g/mol. The van der Waals surface area contributed by atoms with Crippen LogP contribution in [0.3, 0.4) is 0 Å². The number of hydrogen-bond donors (Lipinski definition) is 3. The average Bonchev–Trinajstić information content (AvgIpc) is 2.92. The largest absolute Gasteiger partial charge is 0.303 e. The van der Waals surface area contributed by atoms with Crippen LogP contribution in [0.15, 0.2) is 36.4 Å². The average molecular weight is 399 g/mol. The first-order chi connectivity index (χ1) is 12.7. The second-order valence-corrected chi connectivity index (χ2v) is 5.59. The first-order valence-corrected chi connectivity index (χ1v) is 7.67. The van der Waals surface area contributed by atoms with Crippen molar-refractivity contribution in [3.63, 3.8) is 0 Å². The molecule has 0 bridgehead atoms. The summed E-state index contributed by atoms with van der Waals surface area (Å²) in [6.45, 7) is 0.